The molecule has 1 saturated heterocycles. The fourth-order valence-electron chi connectivity index (χ4n) is 3.01. The van der Waals surface area contributed by atoms with Gasteiger partial charge in [0.25, 0.3) is 0 Å². The molecule has 114 valence electrons. The molecule has 1 heterocycles. The summed E-state index contributed by atoms with van der Waals surface area (Å²) < 4.78 is 5.33. The maximum absolute atomic E-state index is 5.33. The van der Waals surface area contributed by atoms with Gasteiger partial charge in [0.2, 0.25) is 0 Å². The summed E-state index contributed by atoms with van der Waals surface area (Å²) in [6.07, 6.45) is 6.48. The van der Waals surface area contributed by atoms with Gasteiger partial charge in [0.05, 0.1) is 0 Å². The van der Waals surface area contributed by atoms with E-state index in [1.54, 1.807) is 0 Å². The molecule has 0 bridgehead atoms. The second-order valence-electron chi connectivity index (χ2n) is 5.89. The molecular formula is C16H34N2O. The number of hydrogen-bond donors (Lipinski definition) is 1. The van der Waals surface area contributed by atoms with Crippen LogP contribution < -0.4 is 5.32 Å². The Morgan fingerprint density at radius 3 is 2.53 bits per heavy atom. The summed E-state index contributed by atoms with van der Waals surface area (Å²) in [6, 6.07) is 0. The van der Waals surface area contributed by atoms with Crippen LogP contribution >= 0.6 is 0 Å². The van der Waals surface area contributed by atoms with Crippen LogP contribution in [0.15, 0.2) is 0 Å². The van der Waals surface area contributed by atoms with E-state index in [0.717, 1.165) is 26.3 Å². The second kappa shape index (κ2) is 9.73. The minimum absolute atomic E-state index is 0.623. The third-order valence-corrected chi connectivity index (χ3v) is 4.72. The summed E-state index contributed by atoms with van der Waals surface area (Å²) in [7, 11) is 0. The van der Waals surface area contributed by atoms with Crippen LogP contribution in [0, 0.1) is 5.41 Å². The van der Waals surface area contributed by atoms with Gasteiger partial charge in [0, 0.05) is 32.8 Å². The van der Waals surface area contributed by atoms with Crippen molar-refractivity contribution in [3.8, 4) is 0 Å². The molecule has 0 aromatic heterocycles. The zero-order valence-corrected chi connectivity index (χ0v) is 13.3. The lowest BCUT2D eigenvalue weighted by Crippen LogP contribution is -2.33. The summed E-state index contributed by atoms with van der Waals surface area (Å²) >= 11 is 0. The maximum Gasteiger partial charge on any atom is 0.0466 e. The van der Waals surface area contributed by atoms with E-state index in [1.807, 2.05) is 0 Å². The van der Waals surface area contributed by atoms with E-state index in [4.69, 9.17) is 4.74 Å². The minimum Gasteiger partial charge on any atom is -0.382 e. The molecule has 0 amide bonds. The van der Waals surface area contributed by atoms with Gasteiger partial charge in [0.1, 0.15) is 0 Å². The third-order valence-electron chi connectivity index (χ3n) is 4.72. The highest BCUT2D eigenvalue weighted by molar-refractivity contribution is 4.87. The summed E-state index contributed by atoms with van der Waals surface area (Å²) in [4.78, 5) is 2.64. The van der Waals surface area contributed by atoms with E-state index in [-0.39, 0.29) is 0 Å². The average Bonchev–Trinajstić information content (AvgIpc) is 2.86. The normalized spacial score (nSPS) is 19.1. The molecule has 3 heteroatoms. The molecule has 0 spiro atoms. The predicted octanol–water partition coefficient (Wildman–Crippen LogP) is 2.90. The number of hydrogen-bond acceptors (Lipinski definition) is 3. The highest BCUT2D eigenvalue weighted by atomic mass is 16.5. The van der Waals surface area contributed by atoms with Crippen LogP contribution in [0.3, 0.4) is 0 Å². The molecule has 0 saturated carbocycles. The van der Waals surface area contributed by atoms with Gasteiger partial charge in [-0.2, -0.15) is 0 Å². The largest absolute Gasteiger partial charge is 0.382 e. The number of ether oxygens (including phenoxy) is 1. The van der Waals surface area contributed by atoms with Crippen molar-refractivity contribution < 1.29 is 4.74 Å². The number of nitrogens with zero attached hydrogens (tertiary/aromatic N) is 1. The van der Waals surface area contributed by atoms with Crippen LogP contribution in [0.5, 0.6) is 0 Å². The fraction of sp³-hybridized carbons (Fsp3) is 1.00. The molecule has 1 fully saturated rings. The topological polar surface area (TPSA) is 24.5 Å². The smallest absolute Gasteiger partial charge is 0.0466 e. The molecule has 3 nitrogen and oxygen atoms in total. The Bertz CT molecular complexity index is 217. The van der Waals surface area contributed by atoms with Crippen molar-refractivity contribution in [2.24, 2.45) is 5.41 Å². The highest BCUT2D eigenvalue weighted by Crippen LogP contribution is 2.36. The molecule has 0 atom stereocenters. The quantitative estimate of drug-likeness (QED) is 0.584. The lowest BCUT2D eigenvalue weighted by atomic mass is 9.82. The van der Waals surface area contributed by atoms with Crippen molar-refractivity contribution in [2.75, 3.05) is 45.9 Å². The van der Waals surface area contributed by atoms with Gasteiger partial charge in [-0.25, -0.2) is 0 Å². The fourth-order valence-corrected chi connectivity index (χ4v) is 3.01. The van der Waals surface area contributed by atoms with Gasteiger partial charge in [-0.1, -0.05) is 13.8 Å². The molecule has 19 heavy (non-hydrogen) atoms. The van der Waals surface area contributed by atoms with Crippen LogP contribution in [0.4, 0.5) is 0 Å². The molecule has 0 aromatic rings. The van der Waals surface area contributed by atoms with Gasteiger partial charge >= 0.3 is 0 Å². The van der Waals surface area contributed by atoms with Crippen molar-refractivity contribution >= 4 is 0 Å². The molecule has 1 rings (SSSR count). The van der Waals surface area contributed by atoms with Crippen LogP contribution in [0.2, 0.25) is 0 Å². The minimum atomic E-state index is 0.623. The van der Waals surface area contributed by atoms with Crippen LogP contribution in [0.1, 0.15) is 52.9 Å². The number of likely N-dealkylation sites (tertiary alicyclic amines) is 1. The lowest BCUT2D eigenvalue weighted by Gasteiger charge is -2.26. The Kier molecular flexibility index (Phi) is 8.67. The highest BCUT2D eigenvalue weighted by Gasteiger charge is 2.34. The first-order valence-electron chi connectivity index (χ1n) is 8.27. The summed E-state index contributed by atoms with van der Waals surface area (Å²) in [5.41, 5.74) is 0.623. The van der Waals surface area contributed by atoms with Gasteiger partial charge < -0.3 is 15.0 Å². The Morgan fingerprint density at radius 1 is 1.11 bits per heavy atom. The first-order valence-corrected chi connectivity index (χ1v) is 8.27. The molecular weight excluding hydrogens is 236 g/mol. The lowest BCUT2D eigenvalue weighted by molar-refractivity contribution is 0.143. The molecule has 0 unspecified atom stereocenters. The number of nitrogens with one attached hydrogen (secondary N) is 1. The number of rotatable bonds is 11. The molecule has 1 N–H and O–H groups in total. The van der Waals surface area contributed by atoms with Crippen LogP contribution in [-0.2, 0) is 4.74 Å². The molecule has 0 aromatic carbocycles. The van der Waals surface area contributed by atoms with Crippen molar-refractivity contribution in [3.05, 3.63) is 0 Å². The average molecular weight is 270 g/mol. The van der Waals surface area contributed by atoms with Gasteiger partial charge in [-0.05, 0) is 57.5 Å². The predicted molar refractivity (Wildman–Crippen MR) is 82.7 cm³/mol. The third kappa shape index (κ3) is 6.24. The summed E-state index contributed by atoms with van der Waals surface area (Å²) in [6.45, 7) is 14.6. The van der Waals surface area contributed by atoms with E-state index >= 15 is 0 Å². The van der Waals surface area contributed by atoms with E-state index in [1.165, 1.54) is 51.7 Å². The van der Waals surface area contributed by atoms with Crippen LogP contribution in [0.25, 0.3) is 0 Å². The Balaban J connectivity index is 1.96. The van der Waals surface area contributed by atoms with Crippen LogP contribution in [-0.4, -0.2) is 50.8 Å². The van der Waals surface area contributed by atoms with Gasteiger partial charge in [-0.15, -0.1) is 0 Å². The molecule has 1 aliphatic heterocycles. The zero-order chi connectivity index (χ0) is 14.0. The zero-order valence-electron chi connectivity index (χ0n) is 13.3. The molecule has 0 radical (unpaired) electrons. The van der Waals surface area contributed by atoms with Gasteiger partial charge in [0.15, 0.2) is 0 Å². The Morgan fingerprint density at radius 2 is 1.89 bits per heavy atom. The summed E-state index contributed by atoms with van der Waals surface area (Å²) in [5, 5.41) is 3.56. The monoisotopic (exact) mass is 270 g/mol. The van der Waals surface area contributed by atoms with E-state index in [2.05, 4.69) is 31.0 Å². The summed E-state index contributed by atoms with van der Waals surface area (Å²) in [5.74, 6) is 0. The van der Waals surface area contributed by atoms with E-state index in [0.29, 0.717) is 5.41 Å². The van der Waals surface area contributed by atoms with Crippen molar-refractivity contribution in [1.82, 2.24) is 10.2 Å². The Labute approximate surface area is 120 Å². The maximum atomic E-state index is 5.33. The first-order chi connectivity index (χ1) is 9.26. The standard InChI is InChI=1S/C16H34N2O/c1-4-16(5-2)9-12-18(15-16)13-11-17-10-7-8-14-19-6-3/h17H,4-15H2,1-3H3. The molecule has 1 aliphatic rings. The van der Waals surface area contributed by atoms with E-state index in [9.17, 15) is 0 Å². The number of unbranched alkanes of at least 4 members (excludes halogenated alkanes) is 1. The van der Waals surface area contributed by atoms with E-state index < -0.39 is 0 Å². The molecule has 0 aliphatic carbocycles. The SMILES string of the molecule is CCOCCCCNCCN1CCC(CC)(CC)C1. The second-order valence-corrected chi connectivity index (χ2v) is 5.89. The Hall–Kier alpha value is -0.120. The van der Waals surface area contributed by atoms with Crippen molar-refractivity contribution in [1.29, 1.82) is 0 Å². The van der Waals surface area contributed by atoms with Gasteiger partial charge in [-0.3, -0.25) is 0 Å². The van der Waals surface area contributed by atoms with Crippen molar-refractivity contribution in [3.63, 3.8) is 0 Å². The first kappa shape index (κ1) is 16.9. The van der Waals surface area contributed by atoms with Crippen molar-refractivity contribution in [2.45, 2.75) is 52.9 Å².